The summed E-state index contributed by atoms with van der Waals surface area (Å²) in [6.07, 6.45) is -6.49. The van der Waals surface area contributed by atoms with Crippen LogP contribution in [0.1, 0.15) is 0 Å². The van der Waals surface area contributed by atoms with Crippen molar-refractivity contribution in [3.8, 4) is 5.75 Å². The highest BCUT2D eigenvalue weighted by atomic mass is 79.9. The number of aliphatic hydroxyl groups excluding tert-OH is 4. The minimum absolute atomic E-state index is 0.472. The van der Waals surface area contributed by atoms with E-state index >= 15 is 0 Å². The summed E-state index contributed by atoms with van der Waals surface area (Å²) in [4.78, 5) is 0. The molecule has 0 bridgehead atoms. The molecule has 5 atom stereocenters. The van der Waals surface area contributed by atoms with Crippen molar-refractivity contribution in [2.45, 2.75) is 30.7 Å². The predicted octanol–water partition coefficient (Wildman–Crippen LogP) is 0.781. The van der Waals surface area contributed by atoms with E-state index in [1.165, 1.54) is 0 Å². The molecule has 0 aromatic heterocycles. The Hall–Kier alpha value is -1.22. The molecule has 3 rings (SSSR count). The Kier molecular flexibility index (Phi) is 4.86. The van der Waals surface area contributed by atoms with E-state index in [1.54, 1.807) is 12.1 Å². The van der Waals surface area contributed by atoms with Crippen molar-refractivity contribution in [1.82, 2.24) is 0 Å². The van der Waals surface area contributed by atoms with Gasteiger partial charge in [0.1, 0.15) is 30.2 Å². The van der Waals surface area contributed by atoms with Crippen molar-refractivity contribution >= 4 is 26.7 Å². The summed E-state index contributed by atoms with van der Waals surface area (Å²) in [5.41, 5.74) is 0. The summed E-state index contributed by atoms with van der Waals surface area (Å²) in [7, 11) is 0. The van der Waals surface area contributed by atoms with E-state index < -0.39 is 37.3 Å². The van der Waals surface area contributed by atoms with Gasteiger partial charge in [0.25, 0.3) is 0 Å². The number of ether oxygens (including phenoxy) is 2. The zero-order chi connectivity index (χ0) is 16.6. The fourth-order valence-corrected chi connectivity index (χ4v) is 3.00. The zero-order valence-electron chi connectivity index (χ0n) is 12.0. The molecule has 4 N–H and O–H groups in total. The third kappa shape index (κ3) is 3.21. The molecule has 0 radical (unpaired) electrons. The minimum Gasteiger partial charge on any atom is -0.461 e. The fraction of sp³-hybridized carbons (Fsp3) is 0.375. The maximum atomic E-state index is 10.0. The lowest BCUT2D eigenvalue weighted by atomic mass is 9.99. The average Bonchev–Trinajstić information content (AvgIpc) is 2.55. The Morgan fingerprint density at radius 3 is 2.57 bits per heavy atom. The van der Waals surface area contributed by atoms with Crippen LogP contribution in [0.25, 0.3) is 10.8 Å². The van der Waals surface area contributed by atoms with E-state index in [9.17, 15) is 20.4 Å². The molecular weight excluding hydrogens is 368 g/mol. The Balaban J connectivity index is 1.89. The van der Waals surface area contributed by atoms with Gasteiger partial charge < -0.3 is 29.9 Å². The highest BCUT2D eigenvalue weighted by Gasteiger charge is 2.44. The number of fused-ring (bicyclic) bond motifs is 1. The van der Waals surface area contributed by atoms with Gasteiger partial charge in [0.05, 0.1) is 6.61 Å². The Labute approximate surface area is 141 Å². The molecule has 6 nitrogen and oxygen atoms in total. The van der Waals surface area contributed by atoms with E-state index in [-0.39, 0.29) is 0 Å². The van der Waals surface area contributed by atoms with E-state index in [2.05, 4.69) is 15.9 Å². The van der Waals surface area contributed by atoms with E-state index in [0.717, 1.165) is 15.2 Å². The lowest BCUT2D eigenvalue weighted by molar-refractivity contribution is -0.277. The summed E-state index contributed by atoms with van der Waals surface area (Å²) in [5, 5.41) is 40.6. The van der Waals surface area contributed by atoms with Gasteiger partial charge in [0.15, 0.2) is 0 Å². The van der Waals surface area contributed by atoms with Crippen LogP contribution in [-0.4, -0.2) is 57.7 Å². The Morgan fingerprint density at radius 1 is 1.04 bits per heavy atom. The summed E-state index contributed by atoms with van der Waals surface area (Å²) in [6.45, 7) is -0.493. The van der Waals surface area contributed by atoms with Crippen molar-refractivity contribution in [2.24, 2.45) is 0 Å². The molecule has 2 aromatic rings. The molecule has 1 fully saturated rings. The van der Waals surface area contributed by atoms with Crippen molar-refractivity contribution < 1.29 is 29.9 Å². The quantitative estimate of drug-likeness (QED) is 0.624. The lowest BCUT2D eigenvalue weighted by Crippen LogP contribution is -2.60. The first-order valence-corrected chi connectivity index (χ1v) is 7.96. The van der Waals surface area contributed by atoms with Crippen LogP contribution in [0, 0.1) is 0 Å². The second-order valence-electron chi connectivity index (χ2n) is 5.44. The van der Waals surface area contributed by atoms with Gasteiger partial charge in [0, 0.05) is 9.86 Å². The molecule has 23 heavy (non-hydrogen) atoms. The van der Waals surface area contributed by atoms with Gasteiger partial charge >= 0.3 is 0 Å². The molecular formula is C16H17BrO6. The van der Waals surface area contributed by atoms with Gasteiger partial charge in [-0.25, -0.2) is 0 Å². The summed E-state index contributed by atoms with van der Waals surface area (Å²) < 4.78 is 12.0. The van der Waals surface area contributed by atoms with Crippen molar-refractivity contribution in [1.29, 1.82) is 0 Å². The Bertz CT molecular complexity index is 691. The molecule has 0 aliphatic carbocycles. The van der Waals surface area contributed by atoms with Crippen molar-refractivity contribution in [2.75, 3.05) is 6.61 Å². The highest BCUT2D eigenvalue weighted by molar-refractivity contribution is 9.10. The second kappa shape index (κ2) is 6.72. The summed E-state index contributed by atoms with van der Waals surface area (Å²) in [6, 6.07) is 11.1. The summed E-state index contributed by atoms with van der Waals surface area (Å²) >= 11 is 3.40. The van der Waals surface area contributed by atoms with Gasteiger partial charge in [-0.15, -0.1) is 0 Å². The van der Waals surface area contributed by atoms with Gasteiger partial charge in [-0.3, -0.25) is 0 Å². The largest absolute Gasteiger partial charge is 0.461 e. The zero-order valence-corrected chi connectivity index (χ0v) is 13.6. The molecule has 124 valence electrons. The van der Waals surface area contributed by atoms with Crippen LogP contribution in [0.5, 0.6) is 5.75 Å². The van der Waals surface area contributed by atoms with Crippen LogP contribution in [-0.2, 0) is 4.74 Å². The third-order valence-corrected chi connectivity index (χ3v) is 4.39. The summed E-state index contributed by atoms with van der Waals surface area (Å²) in [5.74, 6) is 0.472. The molecule has 7 heteroatoms. The molecule has 0 saturated carbocycles. The number of hydrogen-bond acceptors (Lipinski definition) is 6. The van der Waals surface area contributed by atoms with E-state index in [1.807, 2.05) is 24.3 Å². The minimum atomic E-state index is -1.46. The van der Waals surface area contributed by atoms with E-state index in [0.29, 0.717) is 5.75 Å². The van der Waals surface area contributed by atoms with Gasteiger partial charge in [-0.1, -0.05) is 28.1 Å². The molecule has 1 aliphatic heterocycles. The maximum Gasteiger partial charge on any atom is 0.229 e. The van der Waals surface area contributed by atoms with Gasteiger partial charge in [0.2, 0.25) is 6.29 Å². The van der Waals surface area contributed by atoms with Crippen LogP contribution < -0.4 is 4.74 Å². The third-order valence-electron chi connectivity index (χ3n) is 3.89. The maximum absolute atomic E-state index is 10.0. The number of rotatable bonds is 3. The lowest BCUT2D eigenvalue weighted by Gasteiger charge is -2.39. The van der Waals surface area contributed by atoms with Crippen LogP contribution in [0.3, 0.4) is 0 Å². The average molecular weight is 385 g/mol. The first-order valence-electron chi connectivity index (χ1n) is 7.16. The van der Waals surface area contributed by atoms with Crippen LogP contribution >= 0.6 is 15.9 Å². The molecule has 1 aliphatic rings. The normalized spacial score (nSPS) is 31.3. The first-order chi connectivity index (χ1) is 11.0. The fourth-order valence-electron chi connectivity index (χ4n) is 2.62. The standard InChI is InChI=1S/C16H17BrO6/c17-9-4-5-10-8(6-9)2-1-3-11(10)22-16-15(21)14(20)13(19)12(7-18)23-16/h1-6,12-16,18-21H,7H2. The number of halogens is 1. The topological polar surface area (TPSA) is 99.4 Å². The van der Waals surface area contributed by atoms with Crippen LogP contribution in [0.15, 0.2) is 40.9 Å². The molecule has 2 aromatic carbocycles. The van der Waals surface area contributed by atoms with E-state index in [4.69, 9.17) is 9.47 Å². The van der Waals surface area contributed by atoms with Crippen molar-refractivity contribution in [3.63, 3.8) is 0 Å². The molecule has 0 spiro atoms. The highest BCUT2D eigenvalue weighted by Crippen LogP contribution is 2.31. The van der Waals surface area contributed by atoms with Gasteiger partial charge in [-0.05, 0) is 29.7 Å². The number of aliphatic hydroxyl groups is 4. The van der Waals surface area contributed by atoms with Crippen molar-refractivity contribution in [3.05, 3.63) is 40.9 Å². The number of benzene rings is 2. The first kappa shape index (κ1) is 16.6. The monoisotopic (exact) mass is 384 g/mol. The predicted molar refractivity (Wildman–Crippen MR) is 86.0 cm³/mol. The smallest absolute Gasteiger partial charge is 0.229 e. The van der Waals surface area contributed by atoms with Gasteiger partial charge in [-0.2, -0.15) is 0 Å². The van der Waals surface area contributed by atoms with Crippen LogP contribution in [0.4, 0.5) is 0 Å². The number of hydrogen-bond donors (Lipinski definition) is 4. The Morgan fingerprint density at radius 2 is 1.83 bits per heavy atom. The molecule has 1 heterocycles. The van der Waals surface area contributed by atoms with Crippen LogP contribution in [0.2, 0.25) is 0 Å². The molecule has 0 amide bonds. The molecule has 5 unspecified atom stereocenters. The second-order valence-corrected chi connectivity index (χ2v) is 6.35. The molecule has 1 saturated heterocycles. The SMILES string of the molecule is OCC1OC(Oc2cccc3cc(Br)ccc23)C(O)C(O)C1O.